The topological polar surface area (TPSA) is 213 Å². The van der Waals surface area contributed by atoms with Gasteiger partial charge in [-0.15, -0.1) is 6.58 Å². The fourth-order valence-corrected chi connectivity index (χ4v) is 12.4. The summed E-state index contributed by atoms with van der Waals surface area (Å²) in [6.07, 6.45) is 11.3. The monoisotopic (exact) mass is 815 g/mol. The Morgan fingerprint density at radius 1 is 1.15 bits per heavy atom. The number of nitrogens with one attached hydrogen (secondary N) is 1. The third kappa shape index (κ3) is 9.23. The molecule has 4 N–H and O–H groups in total. The van der Waals surface area contributed by atoms with E-state index >= 15 is 0 Å². The van der Waals surface area contributed by atoms with E-state index in [1.165, 1.54) is 6.08 Å². The van der Waals surface area contributed by atoms with E-state index in [1.807, 2.05) is 20.8 Å². The van der Waals surface area contributed by atoms with Gasteiger partial charge in [0.25, 0.3) is 0 Å². The minimum absolute atomic E-state index is 0.0298. The second-order valence-corrected chi connectivity index (χ2v) is 18.9. The largest absolute Gasteiger partial charge is 0.481 e. The molecule has 3 saturated carbocycles. The van der Waals surface area contributed by atoms with Gasteiger partial charge >= 0.3 is 15.6 Å². The van der Waals surface area contributed by atoms with Crippen molar-refractivity contribution in [2.45, 2.75) is 129 Å². The van der Waals surface area contributed by atoms with Gasteiger partial charge < -0.3 is 34.4 Å². The highest BCUT2D eigenvalue weighted by Gasteiger charge is 2.76. The third-order valence-corrected chi connectivity index (χ3v) is 15.2. The number of rotatable bonds is 21. The molecule has 0 bridgehead atoms. The van der Waals surface area contributed by atoms with Crippen LogP contribution in [-0.2, 0) is 51.1 Å². The smallest absolute Gasteiger partial charge is 0.388 e. The lowest BCUT2D eigenvalue weighted by molar-refractivity contribution is -0.198. The van der Waals surface area contributed by atoms with Gasteiger partial charge in [-0.3, -0.25) is 23.4 Å². The molecule has 5 rings (SSSR count). The van der Waals surface area contributed by atoms with Crippen LogP contribution in [-0.4, -0.2) is 88.9 Å². The van der Waals surface area contributed by atoms with Crippen molar-refractivity contribution in [1.29, 1.82) is 0 Å². The van der Waals surface area contributed by atoms with Crippen molar-refractivity contribution in [2.75, 3.05) is 26.4 Å². The molecular formula is C38H59NO14P2. The van der Waals surface area contributed by atoms with Gasteiger partial charge in [0.2, 0.25) is 5.91 Å². The van der Waals surface area contributed by atoms with Crippen LogP contribution in [0, 0.1) is 28.6 Å². The number of phosphoric ester groups is 2. The molecule has 0 radical (unpaired) electrons. The third-order valence-electron chi connectivity index (χ3n) is 12.5. The lowest BCUT2D eigenvalue weighted by Crippen LogP contribution is -2.63. The zero-order valence-corrected chi connectivity index (χ0v) is 34.2. The second kappa shape index (κ2) is 18.0. The zero-order valence-electron chi connectivity index (χ0n) is 32.4. The number of carbonyl (C=O) groups excluding carboxylic acids is 3. The van der Waals surface area contributed by atoms with E-state index < -0.39 is 81.4 Å². The summed E-state index contributed by atoms with van der Waals surface area (Å²) in [5.74, 6) is -2.19. The Morgan fingerprint density at radius 3 is 2.60 bits per heavy atom. The maximum Gasteiger partial charge on any atom is 0.481 e. The van der Waals surface area contributed by atoms with E-state index in [1.54, 1.807) is 18.2 Å². The van der Waals surface area contributed by atoms with Gasteiger partial charge in [0.05, 0.1) is 24.9 Å². The molecule has 310 valence electrons. The fourth-order valence-electron chi connectivity index (χ4n) is 10.2. The van der Waals surface area contributed by atoms with Gasteiger partial charge in [-0.05, 0) is 62.5 Å². The van der Waals surface area contributed by atoms with E-state index in [0.29, 0.717) is 25.7 Å². The van der Waals surface area contributed by atoms with Crippen LogP contribution in [0.5, 0.6) is 0 Å². The Kier molecular flexibility index (Phi) is 14.4. The zero-order chi connectivity index (χ0) is 40.2. The summed E-state index contributed by atoms with van der Waals surface area (Å²) in [5.41, 5.74) is -2.60. The second-order valence-electron chi connectivity index (χ2n) is 15.9. The molecule has 1 heterocycles. The normalized spacial score (nSPS) is 36.3. The molecule has 1 saturated heterocycles. The van der Waals surface area contributed by atoms with E-state index in [2.05, 4.69) is 18.8 Å². The number of amides is 1. The summed E-state index contributed by atoms with van der Waals surface area (Å²) in [6.45, 7) is 9.79. The first-order valence-corrected chi connectivity index (χ1v) is 22.6. The lowest BCUT2D eigenvalue weighted by Gasteiger charge is -2.60. The van der Waals surface area contributed by atoms with Gasteiger partial charge in [0.15, 0.2) is 23.5 Å². The minimum Gasteiger partial charge on any atom is -0.388 e. The molecule has 15 nitrogen and oxygen atoms in total. The molecule has 4 unspecified atom stereocenters. The summed E-state index contributed by atoms with van der Waals surface area (Å²) in [6, 6.07) is 0. The number of ether oxygens (including phenoxy) is 3. The summed E-state index contributed by atoms with van der Waals surface area (Å²) in [4.78, 5) is 60.2. The molecule has 5 aliphatic rings. The Hall–Kier alpha value is -1.87. The molecule has 17 heteroatoms. The summed E-state index contributed by atoms with van der Waals surface area (Å²) >= 11 is 0. The Morgan fingerprint density at radius 2 is 1.91 bits per heavy atom. The number of aliphatic hydroxyl groups excluding tert-OH is 1. The molecule has 4 fully saturated rings. The van der Waals surface area contributed by atoms with Crippen LogP contribution in [0.25, 0.3) is 0 Å². The average Bonchev–Trinajstić information content (AvgIpc) is 3.60. The van der Waals surface area contributed by atoms with Gasteiger partial charge in [-0.1, -0.05) is 77.5 Å². The molecule has 0 aromatic heterocycles. The van der Waals surface area contributed by atoms with E-state index in [-0.39, 0.29) is 43.3 Å². The van der Waals surface area contributed by atoms with Gasteiger partial charge in [0, 0.05) is 23.3 Å². The first-order valence-electron chi connectivity index (χ1n) is 19.6. The Labute approximate surface area is 323 Å². The van der Waals surface area contributed by atoms with E-state index in [0.717, 1.165) is 44.1 Å². The molecule has 12 atom stereocenters. The molecule has 55 heavy (non-hydrogen) atoms. The van der Waals surface area contributed by atoms with Crippen LogP contribution < -0.4 is 5.32 Å². The summed E-state index contributed by atoms with van der Waals surface area (Å²) in [5, 5.41) is 12.7. The first kappa shape index (κ1) is 44.2. The number of unbranched alkanes of at least 4 members (excludes halogenated alkanes) is 3. The first-order chi connectivity index (χ1) is 26.0. The molecule has 1 amide bonds. The number of carbonyl (C=O) groups is 3. The minimum atomic E-state index is -5.38. The van der Waals surface area contributed by atoms with Crippen LogP contribution in [0.3, 0.4) is 0 Å². The van der Waals surface area contributed by atoms with Gasteiger partial charge in [-0.2, -0.15) is 4.31 Å². The highest BCUT2D eigenvalue weighted by Crippen LogP contribution is 2.72. The maximum absolute atomic E-state index is 13.8. The van der Waals surface area contributed by atoms with Crippen LogP contribution in [0.4, 0.5) is 0 Å². The number of aliphatic hydroxyl groups is 1. The Bertz CT molecular complexity index is 1600. The van der Waals surface area contributed by atoms with Crippen molar-refractivity contribution in [1.82, 2.24) is 5.32 Å². The lowest BCUT2D eigenvalue weighted by atomic mass is 9.46. The molecule has 1 aliphatic heterocycles. The standard InChI is InChI=1S/C38H59NO14P2/c1-6-9-10-11-13-27(8-3)48-24-33(43)39-18-19-49-54(44,45)53-55(46,47)52-30-22-37(5)29(21-32-38(37,31(42)23-40)51-34(50-32)12-7-2)28-15-14-25-20-26(41)16-17-36(25,4)35(28)30/h8,16-17,20,27-30,32,34-35,40H,3,6-7,9-15,18-19,21-24H2,1-2,4-5H3,(H,39,43)(H,44,45)(H,46,47)/t27?,28-,29-,30-,32+,34?,35+,36-,37-,38+/m0/s1. The van der Waals surface area contributed by atoms with Gasteiger partial charge in [0.1, 0.15) is 13.2 Å². The number of hydrogen-bond donors (Lipinski definition) is 4. The van der Waals surface area contributed by atoms with Crippen molar-refractivity contribution in [3.63, 3.8) is 0 Å². The highest BCUT2D eigenvalue weighted by molar-refractivity contribution is 7.61. The van der Waals surface area contributed by atoms with E-state index in [4.69, 9.17) is 27.6 Å². The Balaban J connectivity index is 1.29. The molecule has 0 spiro atoms. The van der Waals surface area contributed by atoms with Crippen molar-refractivity contribution in [3.05, 3.63) is 36.5 Å². The van der Waals surface area contributed by atoms with Crippen LogP contribution in [0.1, 0.15) is 98.3 Å². The van der Waals surface area contributed by atoms with Crippen molar-refractivity contribution >= 4 is 33.1 Å². The number of hydrogen-bond acceptors (Lipinski definition) is 12. The van der Waals surface area contributed by atoms with Crippen LogP contribution in [0.2, 0.25) is 0 Å². The number of Topliss-reactive ketones (excluding diaryl/α,β-unsaturated/α-hetero) is 1. The number of ketones is 2. The molecular weight excluding hydrogens is 756 g/mol. The van der Waals surface area contributed by atoms with Crippen molar-refractivity contribution < 1.29 is 66.0 Å². The SMILES string of the molecule is C=CC(CCCCCC)OCC(=O)NCCOP(=O)(O)OP(=O)(O)O[C@H]1C[C@@]2(C)[C@@H](C[C@H]3OC(CCC)O[C@]32C(=O)CO)[C@@H]2CCC3=CC(=O)C=C[C@]3(C)[C@H]21. The number of allylic oxidation sites excluding steroid dienone is 4. The maximum atomic E-state index is 13.8. The quantitative estimate of drug-likeness (QED) is 0.0628. The number of phosphoric acid groups is 2. The molecule has 4 aliphatic carbocycles. The van der Waals surface area contributed by atoms with Crippen molar-refractivity contribution in [2.24, 2.45) is 28.6 Å². The number of fused-ring (bicyclic) bond motifs is 7. The van der Waals surface area contributed by atoms with E-state index in [9.17, 15) is 38.4 Å². The average molecular weight is 816 g/mol. The van der Waals surface area contributed by atoms with Crippen LogP contribution >= 0.6 is 15.6 Å². The summed E-state index contributed by atoms with van der Waals surface area (Å²) < 4.78 is 60.7. The van der Waals surface area contributed by atoms with Crippen molar-refractivity contribution in [3.8, 4) is 0 Å². The fraction of sp³-hybridized carbons (Fsp3) is 0.763. The van der Waals surface area contributed by atoms with Gasteiger partial charge in [-0.25, -0.2) is 9.13 Å². The highest BCUT2D eigenvalue weighted by atomic mass is 31.3. The molecule has 0 aromatic carbocycles. The molecule has 0 aromatic rings. The van der Waals surface area contributed by atoms with Crippen LogP contribution in [0.15, 0.2) is 36.5 Å². The predicted octanol–water partition coefficient (Wildman–Crippen LogP) is 5.63. The summed E-state index contributed by atoms with van der Waals surface area (Å²) in [7, 11) is -10.6. The predicted molar refractivity (Wildman–Crippen MR) is 200 cm³/mol.